The largest absolute Gasteiger partial charge is 0.463 e. The second kappa shape index (κ2) is 35.4. The Morgan fingerprint density at radius 2 is 0.756 bits per heavy atom. The molecule has 0 aliphatic rings. The standard InChI is InChI=1S/C32H65NO8/c1-4-5-6-7-8-9-10-11-12-13-14-15-16-17-32(34)41-31-30-40-29-28-39-27-26-38-25-24-37-23-22-36-21-20-35-19-18-33(2)3/h4-31H2,1-3H3. The number of hydrogen-bond donors (Lipinski definition) is 0. The Hall–Kier alpha value is -0.810. The van der Waals surface area contributed by atoms with Crippen molar-refractivity contribution in [3.63, 3.8) is 0 Å². The summed E-state index contributed by atoms with van der Waals surface area (Å²) in [6.07, 6.45) is 17.4. The molecule has 0 aromatic heterocycles. The molecule has 246 valence electrons. The zero-order valence-electron chi connectivity index (χ0n) is 27.0. The average Bonchev–Trinajstić information content (AvgIpc) is 2.96. The molecule has 0 aliphatic carbocycles. The molecular weight excluding hydrogens is 526 g/mol. The first-order valence-corrected chi connectivity index (χ1v) is 16.4. The Kier molecular flexibility index (Phi) is 34.7. The monoisotopic (exact) mass is 591 g/mol. The van der Waals surface area contributed by atoms with Gasteiger partial charge in [-0.1, -0.05) is 84.0 Å². The Bertz CT molecular complexity index is 510. The van der Waals surface area contributed by atoms with Crippen molar-refractivity contribution < 1.29 is 38.0 Å². The summed E-state index contributed by atoms with van der Waals surface area (Å²) in [5.74, 6) is -0.123. The molecule has 0 aromatic carbocycles. The quantitative estimate of drug-likeness (QED) is 0.0683. The number of carbonyl (C=O) groups is 1. The fraction of sp³-hybridized carbons (Fsp3) is 0.969. The van der Waals surface area contributed by atoms with Gasteiger partial charge in [0.25, 0.3) is 0 Å². The lowest BCUT2D eigenvalue weighted by Crippen LogP contribution is -2.19. The molecule has 0 heterocycles. The molecule has 0 saturated carbocycles. The molecule has 9 nitrogen and oxygen atoms in total. The summed E-state index contributed by atoms with van der Waals surface area (Å²) in [6, 6.07) is 0. The molecule has 0 aromatic rings. The molecule has 0 rings (SSSR count). The molecule has 0 N–H and O–H groups in total. The van der Waals surface area contributed by atoms with Crippen molar-refractivity contribution in [3.8, 4) is 0 Å². The van der Waals surface area contributed by atoms with E-state index < -0.39 is 0 Å². The van der Waals surface area contributed by atoms with Crippen LogP contribution >= 0.6 is 0 Å². The van der Waals surface area contributed by atoms with E-state index in [0.29, 0.717) is 85.7 Å². The summed E-state index contributed by atoms with van der Waals surface area (Å²) in [6.45, 7) is 9.93. The fourth-order valence-corrected chi connectivity index (χ4v) is 4.02. The van der Waals surface area contributed by atoms with Gasteiger partial charge < -0.3 is 38.1 Å². The van der Waals surface area contributed by atoms with Crippen molar-refractivity contribution in [2.75, 3.05) is 107 Å². The molecule has 0 spiro atoms. The second-order valence-electron chi connectivity index (χ2n) is 10.7. The van der Waals surface area contributed by atoms with E-state index in [9.17, 15) is 4.79 Å². The molecule has 0 bridgehead atoms. The van der Waals surface area contributed by atoms with Gasteiger partial charge in [0.2, 0.25) is 0 Å². The van der Waals surface area contributed by atoms with Gasteiger partial charge in [-0.05, 0) is 20.5 Å². The molecule has 0 amide bonds. The lowest BCUT2D eigenvalue weighted by Gasteiger charge is -2.10. The van der Waals surface area contributed by atoms with E-state index in [0.717, 1.165) is 26.0 Å². The number of nitrogens with zero attached hydrogens (tertiary/aromatic N) is 1. The predicted molar refractivity (Wildman–Crippen MR) is 165 cm³/mol. The summed E-state index contributed by atoms with van der Waals surface area (Å²) in [7, 11) is 4.05. The molecule has 9 heteroatoms. The van der Waals surface area contributed by atoms with Crippen molar-refractivity contribution in [2.45, 2.75) is 96.8 Å². The van der Waals surface area contributed by atoms with Crippen molar-refractivity contribution in [1.29, 1.82) is 0 Å². The number of rotatable bonds is 35. The van der Waals surface area contributed by atoms with Crippen LogP contribution in [0.3, 0.4) is 0 Å². The van der Waals surface area contributed by atoms with Crippen LogP contribution in [-0.4, -0.2) is 117 Å². The van der Waals surface area contributed by atoms with Gasteiger partial charge in [-0.25, -0.2) is 0 Å². The maximum Gasteiger partial charge on any atom is 0.305 e. The highest BCUT2D eigenvalue weighted by Gasteiger charge is 2.03. The molecule has 41 heavy (non-hydrogen) atoms. The van der Waals surface area contributed by atoms with Gasteiger partial charge in [-0.15, -0.1) is 0 Å². The number of carbonyl (C=O) groups excluding carboxylic acids is 1. The van der Waals surface area contributed by atoms with Crippen LogP contribution in [0.2, 0.25) is 0 Å². The normalized spacial score (nSPS) is 11.5. The highest BCUT2D eigenvalue weighted by atomic mass is 16.6. The van der Waals surface area contributed by atoms with E-state index in [1.165, 1.54) is 70.6 Å². The lowest BCUT2D eigenvalue weighted by molar-refractivity contribution is -0.145. The summed E-state index contributed by atoms with van der Waals surface area (Å²) in [5, 5.41) is 0. The number of unbranched alkanes of at least 4 members (excludes halogenated alkanes) is 12. The maximum atomic E-state index is 11.8. The Labute approximate surface area is 252 Å². The first-order chi connectivity index (χ1) is 20.2. The maximum absolute atomic E-state index is 11.8. The van der Waals surface area contributed by atoms with Crippen LogP contribution in [0.4, 0.5) is 0 Å². The average molecular weight is 592 g/mol. The van der Waals surface area contributed by atoms with E-state index in [1.54, 1.807) is 0 Å². The highest BCUT2D eigenvalue weighted by Crippen LogP contribution is 2.13. The summed E-state index contributed by atoms with van der Waals surface area (Å²) in [4.78, 5) is 13.9. The number of hydrogen-bond acceptors (Lipinski definition) is 9. The third-order valence-corrected chi connectivity index (χ3v) is 6.52. The van der Waals surface area contributed by atoms with Crippen LogP contribution in [0, 0.1) is 0 Å². The second-order valence-corrected chi connectivity index (χ2v) is 10.7. The molecular formula is C32H65NO8. The molecule has 0 unspecified atom stereocenters. The molecule has 0 aliphatic heterocycles. The van der Waals surface area contributed by atoms with Gasteiger partial charge in [0, 0.05) is 13.0 Å². The van der Waals surface area contributed by atoms with Crippen LogP contribution in [0.25, 0.3) is 0 Å². The van der Waals surface area contributed by atoms with Gasteiger partial charge in [0.15, 0.2) is 0 Å². The van der Waals surface area contributed by atoms with Crippen LogP contribution in [0.15, 0.2) is 0 Å². The van der Waals surface area contributed by atoms with Crippen molar-refractivity contribution in [1.82, 2.24) is 4.90 Å². The lowest BCUT2D eigenvalue weighted by atomic mass is 10.0. The summed E-state index contributed by atoms with van der Waals surface area (Å²) in [5.41, 5.74) is 0. The van der Waals surface area contributed by atoms with Crippen molar-refractivity contribution in [2.24, 2.45) is 0 Å². The third-order valence-electron chi connectivity index (χ3n) is 6.52. The van der Waals surface area contributed by atoms with Crippen LogP contribution in [0.5, 0.6) is 0 Å². The van der Waals surface area contributed by atoms with Crippen molar-refractivity contribution in [3.05, 3.63) is 0 Å². The van der Waals surface area contributed by atoms with Gasteiger partial charge in [0.05, 0.1) is 79.3 Å². The van der Waals surface area contributed by atoms with Crippen LogP contribution < -0.4 is 0 Å². The minimum Gasteiger partial charge on any atom is -0.463 e. The van der Waals surface area contributed by atoms with Crippen molar-refractivity contribution >= 4 is 5.97 Å². The molecule has 0 atom stereocenters. The summed E-state index contributed by atoms with van der Waals surface area (Å²) >= 11 is 0. The van der Waals surface area contributed by atoms with Gasteiger partial charge in [-0.2, -0.15) is 0 Å². The Balaban J connectivity index is 3.14. The zero-order chi connectivity index (χ0) is 29.9. The Morgan fingerprint density at radius 1 is 0.439 bits per heavy atom. The van der Waals surface area contributed by atoms with E-state index in [2.05, 4.69) is 11.8 Å². The van der Waals surface area contributed by atoms with E-state index in [-0.39, 0.29) is 5.97 Å². The smallest absolute Gasteiger partial charge is 0.305 e. The van der Waals surface area contributed by atoms with E-state index in [1.807, 2.05) is 14.1 Å². The first-order valence-electron chi connectivity index (χ1n) is 16.4. The van der Waals surface area contributed by atoms with Gasteiger partial charge in [0.1, 0.15) is 6.61 Å². The highest BCUT2D eigenvalue weighted by molar-refractivity contribution is 5.69. The van der Waals surface area contributed by atoms with Crippen LogP contribution in [0.1, 0.15) is 96.8 Å². The predicted octanol–water partition coefficient (Wildman–Crippen LogP) is 5.67. The topological polar surface area (TPSA) is 84.9 Å². The van der Waals surface area contributed by atoms with E-state index >= 15 is 0 Å². The van der Waals surface area contributed by atoms with Crippen LogP contribution in [-0.2, 0) is 38.0 Å². The Morgan fingerprint density at radius 3 is 1.12 bits per heavy atom. The number of esters is 1. The van der Waals surface area contributed by atoms with E-state index in [4.69, 9.17) is 33.2 Å². The first kappa shape index (κ1) is 40.2. The SMILES string of the molecule is CCCCCCCCCCCCCCCC(=O)OCCOCCOCCOCCOCCOCCOCCN(C)C. The molecule has 0 radical (unpaired) electrons. The number of ether oxygens (including phenoxy) is 7. The number of likely N-dealkylation sites (N-methyl/N-ethyl adjacent to an activating group) is 1. The minimum atomic E-state index is -0.123. The minimum absolute atomic E-state index is 0.123. The third kappa shape index (κ3) is 37.2. The summed E-state index contributed by atoms with van der Waals surface area (Å²) < 4.78 is 38.0. The fourth-order valence-electron chi connectivity index (χ4n) is 4.02. The van der Waals surface area contributed by atoms with Gasteiger partial charge >= 0.3 is 5.97 Å². The molecule has 0 fully saturated rings. The zero-order valence-corrected chi connectivity index (χ0v) is 27.0. The molecule has 0 saturated heterocycles. The van der Waals surface area contributed by atoms with Gasteiger partial charge in [-0.3, -0.25) is 4.79 Å².